The number of rotatable bonds is 5. The summed E-state index contributed by atoms with van der Waals surface area (Å²) in [7, 11) is -3.14. The van der Waals surface area contributed by atoms with Crippen LogP contribution in [0.25, 0.3) is 10.2 Å². The molecule has 1 aliphatic rings. The van der Waals surface area contributed by atoms with Gasteiger partial charge >= 0.3 is 0 Å². The number of fused-ring (bicyclic) bond motifs is 1. The van der Waals surface area contributed by atoms with Crippen LogP contribution in [0.5, 0.6) is 0 Å². The molecule has 9 heteroatoms. The summed E-state index contributed by atoms with van der Waals surface area (Å²) in [5.74, 6) is -0.263. The monoisotopic (exact) mass is 430 g/mol. The highest BCUT2D eigenvalue weighted by Gasteiger charge is 2.53. The first-order valence-electron chi connectivity index (χ1n) is 9.23. The number of anilines is 1. The van der Waals surface area contributed by atoms with E-state index in [2.05, 4.69) is 15.5 Å². The highest BCUT2D eigenvalue weighted by atomic mass is 32.2. The average Bonchev–Trinajstić information content (AvgIpc) is 3.43. The van der Waals surface area contributed by atoms with Crippen LogP contribution in [0, 0.1) is 13.8 Å². The quantitative estimate of drug-likeness (QED) is 0.643. The molecule has 1 saturated carbocycles. The smallest absolute Gasteiger partial charge is 0.263 e. The third-order valence-electron chi connectivity index (χ3n) is 5.69. The van der Waals surface area contributed by atoms with E-state index in [-0.39, 0.29) is 5.91 Å². The maximum atomic E-state index is 12.7. The van der Waals surface area contributed by atoms with Gasteiger partial charge in [-0.1, -0.05) is 24.3 Å². The number of carbonyl (C=O) groups is 1. The molecule has 1 aliphatic carbocycles. The molecule has 2 aromatic heterocycles. The van der Waals surface area contributed by atoms with Gasteiger partial charge in [0.2, 0.25) is 0 Å². The average molecular weight is 431 g/mol. The number of nitrogens with zero attached hydrogens (tertiary/aromatic N) is 2. The highest BCUT2D eigenvalue weighted by molar-refractivity contribution is 7.92. The Balaban J connectivity index is 1.50. The Morgan fingerprint density at radius 3 is 2.45 bits per heavy atom. The predicted molar refractivity (Wildman–Crippen MR) is 115 cm³/mol. The van der Waals surface area contributed by atoms with Crippen molar-refractivity contribution in [3.63, 3.8) is 0 Å². The van der Waals surface area contributed by atoms with Gasteiger partial charge in [0.15, 0.2) is 9.84 Å². The van der Waals surface area contributed by atoms with Crippen LogP contribution in [0.4, 0.5) is 5.69 Å². The molecular formula is C20H22N4O3S2. The fraction of sp³-hybridized carbons (Fsp3) is 0.350. The van der Waals surface area contributed by atoms with Gasteiger partial charge in [0.1, 0.15) is 9.71 Å². The molecule has 0 bridgehead atoms. The van der Waals surface area contributed by atoms with Gasteiger partial charge < -0.3 is 11.1 Å². The zero-order chi connectivity index (χ0) is 21.0. The number of thiophene rings is 1. The molecular weight excluding hydrogens is 408 g/mol. The zero-order valence-electron chi connectivity index (χ0n) is 16.4. The molecule has 29 heavy (non-hydrogen) atoms. The molecule has 3 aromatic rings. The largest absolute Gasteiger partial charge is 0.397 e. The van der Waals surface area contributed by atoms with Gasteiger partial charge in [-0.25, -0.2) is 8.42 Å². The van der Waals surface area contributed by atoms with E-state index in [1.54, 1.807) is 0 Å². The van der Waals surface area contributed by atoms with Crippen LogP contribution >= 0.6 is 11.3 Å². The van der Waals surface area contributed by atoms with Gasteiger partial charge in [-0.2, -0.15) is 5.10 Å². The van der Waals surface area contributed by atoms with E-state index in [0.717, 1.165) is 27.8 Å². The summed E-state index contributed by atoms with van der Waals surface area (Å²) in [5.41, 5.74) is 10.1. The molecule has 0 aliphatic heterocycles. The number of nitrogen functional groups attached to an aromatic ring is 1. The summed E-state index contributed by atoms with van der Waals surface area (Å²) in [4.78, 5) is 13.7. The van der Waals surface area contributed by atoms with Gasteiger partial charge in [0, 0.05) is 18.2 Å². The van der Waals surface area contributed by atoms with E-state index < -0.39 is 14.6 Å². The number of nitrogens with one attached hydrogen (secondary N) is 1. The van der Waals surface area contributed by atoms with E-state index in [1.165, 1.54) is 17.6 Å². The summed E-state index contributed by atoms with van der Waals surface area (Å²) in [6.07, 6.45) is 2.61. The third kappa shape index (κ3) is 3.28. The summed E-state index contributed by atoms with van der Waals surface area (Å²) in [6, 6.07) is 7.39. The molecule has 152 valence electrons. The summed E-state index contributed by atoms with van der Waals surface area (Å²) in [5, 5.41) is 11.9. The number of benzene rings is 1. The molecule has 3 N–H and O–H groups in total. The number of sulfone groups is 1. The molecule has 0 unspecified atom stereocenters. The lowest BCUT2D eigenvalue weighted by Crippen LogP contribution is -2.23. The van der Waals surface area contributed by atoms with E-state index in [1.807, 2.05) is 38.1 Å². The zero-order valence-corrected chi connectivity index (χ0v) is 18.1. The number of aromatic nitrogens is 2. The van der Waals surface area contributed by atoms with Gasteiger partial charge in [0.05, 0.1) is 16.1 Å². The van der Waals surface area contributed by atoms with Crippen LogP contribution in [0.3, 0.4) is 0 Å². The van der Waals surface area contributed by atoms with E-state index in [0.29, 0.717) is 34.8 Å². The number of amides is 1. The fourth-order valence-corrected chi connectivity index (χ4v) is 6.01. The van der Waals surface area contributed by atoms with Crippen molar-refractivity contribution in [1.29, 1.82) is 0 Å². The normalized spacial score (nSPS) is 15.4. The van der Waals surface area contributed by atoms with Crippen molar-refractivity contribution in [2.45, 2.75) is 38.0 Å². The number of hydrogen-bond donors (Lipinski definition) is 2. The van der Waals surface area contributed by atoms with Crippen molar-refractivity contribution in [2.24, 2.45) is 0 Å². The lowest BCUT2D eigenvalue weighted by atomic mass is 10.1. The number of hydrogen-bond acceptors (Lipinski definition) is 7. The number of aryl methyl sites for hydroxylation is 2. The van der Waals surface area contributed by atoms with Gasteiger partial charge in [-0.3, -0.25) is 4.79 Å². The molecule has 1 fully saturated rings. The maximum absolute atomic E-state index is 12.7. The first-order valence-corrected chi connectivity index (χ1v) is 11.9. The van der Waals surface area contributed by atoms with Crippen LogP contribution in [-0.4, -0.2) is 30.8 Å². The van der Waals surface area contributed by atoms with Crippen LogP contribution < -0.4 is 11.1 Å². The van der Waals surface area contributed by atoms with E-state index in [9.17, 15) is 13.2 Å². The summed E-state index contributed by atoms with van der Waals surface area (Å²) >= 11 is 1.23. The Morgan fingerprint density at radius 1 is 1.21 bits per heavy atom. The van der Waals surface area contributed by atoms with Gasteiger partial charge in [0.25, 0.3) is 5.91 Å². The molecule has 2 heterocycles. The van der Waals surface area contributed by atoms with Crippen LogP contribution in [0.2, 0.25) is 0 Å². The standard InChI is InChI=1S/C20H22N4O3S2/c1-11-12(2)23-24-19-15(11)16(21)17(28-19)18(25)22-10-13-4-6-14(7-5-13)20(8-9-20)29(3,26)27/h4-7H,8-10,21H2,1-3H3,(H,22,25). The lowest BCUT2D eigenvalue weighted by Gasteiger charge is -2.14. The maximum Gasteiger partial charge on any atom is 0.263 e. The van der Waals surface area contributed by atoms with Crippen LogP contribution in [-0.2, 0) is 21.1 Å². The van der Waals surface area contributed by atoms with Crippen molar-refractivity contribution < 1.29 is 13.2 Å². The van der Waals surface area contributed by atoms with E-state index >= 15 is 0 Å². The van der Waals surface area contributed by atoms with E-state index in [4.69, 9.17) is 5.73 Å². The first-order chi connectivity index (χ1) is 13.6. The molecule has 0 radical (unpaired) electrons. The number of nitrogens with two attached hydrogens (primary N) is 1. The Labute approximate surface area is 173 Å². The lowest BCUT2D eigenvalue weighted by molar-refractivity contribution is 0.0956. The minimum absolute atomic E-state index is 0.263. The Bertz CT molecular complexity index is 1230. The van der Waals surface area contributed by atoms with Gasteiger partial charge in [-0.15, -0.1) is 16.4 Å². The second-order valence-electron chi connectivity index (χ2n) is 7.58. The third-order valence-corrected chi connectivity index (χ3v) is 8.84. The van der Waals surface area contributed by atoms with Crippen molar-refractivity contribution in [1.82, 2.24) is 15.5 Å². The topological polar surface area (TPSA) is 115 Å². The molecule has 7 nitrogen and oxygen atoms in total. The molecule has 0 spiro atoms. The fourth-order valence-electron chi connectivity index (χ4n) is 3.59. The van der Waals surface area contributed by atoms with Crippen LogP contribution in [0.15, 0.2) is 24.3 Å². The molecule has 0 saturated heterocycles. The summed E-state index contributed by atoms with van der Waals surface area (Å²) in [6.45, 7) is 4.10. The molecule has 1 aromatic carbocycles. The van der Waals surface area contributed by atoms with Crippen molar-refractivity contribution in [2.75, 3.05) is 12.0 Å². The second kappa shape index (κ2) is 6.77. The Hall–Kier alpha value is -2.52. The predicted octanol–water partition coefficient (Wildman–Crippen LogP) is 2.85. The highest BCUT2D eigenvalue weighted by Crippen LogP contribution is 2.52. The SMILES string of the molecule is Cc1nnc2sc(C(=O)NCc3ccc(C4(S(C)(=O)=O)CC4)cc3)c(N)c2c1C. The van der Waals surface area contributed by atoms with Crippen molar-refractivity contribution in [3.8, 4) is 0 Å². The molecule has 4 rings (SSSR count). The molecule has 0 atom stereocenters. The Kier molecular flexibility index (Phi) is 4.62. The minimum Gasteiger partial charge on any atom is -0.397 e. The minimum atomic E-state index is -3.14. The van der Waals surface area contributed by atoms with Crippen molar-refractivity contribution in [3.05, 3.63) is 51.5 Å². The van der Waals surface area contributed by atoms with Gasteiger partial charge in [-0.05, 0) is 43.4 Å². The number of carbonyl (C=O) groups excluding carboxylic acids is 1. The second-order valence-corrected chi connectivity index (χ2v) is 10.9. The van der Waals surface area contributed by atoms with Crippen molar-refractivity contribution >= 4 is 43.0 Å². The molecule has 1 amide bonds. The first kappa shape index (κ1) is 19.8. The van der Waals surface area contributed by atoms with Crippen LogP contribution in [0.1, 0.15) is 44.9 Å². The summed E-state index contributed by atoms with van der Waals surface area (Å²) < 4.78 is 23.4. The Morgan fingerprint density at radius 2 is 1.86 bits per heavy atom.